The van der Waals surface area contributed by atoms with Crippen molar-refractivity contribution in [1.82, 2.24) is 4.57 Å². The van der Waals surface area contributed by atoms with Crippen LogP contribution in [0.15, 0.2) is 29.1 Å². The average molecular weight is 307 g/mol. The molecule has 3 N–H and O–H groups in total. The molecule has 1 aromatic heterocycles. The summed E-state index contributed by atoms with van der Waals surface area (Å²) in [5.74, 6) is -0.851. The number of aromatic nitrogens is 1. The fraction of sp³-hybridized carbons (Fsp3) is 0.333. The van der Waals surface area contributed by atoms with E-state index in [4.69, 9.17) is 14.9 Å². The fourth-order valence-electron chi connectivity index (χ4n) is 2.25. The molecule has 2 aromatic rings. The Bertz CT molecular complexity index is 752. The maximum absolute atomic E-state index is 12.1. The number of nitrogens with zero attached hydrogens (tertiary/aromatic N) is 1. The third-order valence-corrected chi connectivity index (χ3v) is 3.20. The Hall–Kier alpha value is -2.38. The number of pyridine rings is 1. The maximum atomic E-state index is 12.1. The van der Waals surface area contributed by atoms with Crippen molar-refractivity contribution < 1.29 is 24.9 Å². The van der Waals surface area contributed by atoms with Gasteiger partial charge in [-0.15, -0.1) is 0 Å². The van der Waals surface area contributed by atoms with Crippen LogP contribution in [0.3, 0.4) is 0 Å². The van der Waals surface area contributed by atoms with E-state index < -0.39 is 18.7 Å². The number of aromatic carboxylic acids is 1. The van der Waals surface area contributed by atoms with Gasteiger partial charge in [-0.3, -0.25) is 4.79 Å². The van der Waals surface area contributed by atoms with Crippen LogP contribution in [0, 0.1) is 0 Å². The molecule has 0 aliphatic heterocycles. The van der Waals surface area contributed by atoms with E-state index in [0.717, 1.165) is 0 Å². The Balaban J connectivity index is 2.75. The van der Waals surface area contributed by atoms with Gasteiger partial charge < -0.3 is 24.6 Å². The lowest BCUT2D eigenvalue weighted by Gasteiger charge is -2.16. The summed E-state index contributed by atoms with van der Waals surface area (Å²) in [5, 5.41) is 28.2. The van der Waals surface area contributed by atoms with Crippen LogP contribution in [0.2, 0.25) is 0 Å². The SMILES string of the molecule is CCOc1cc(C(=O)O)cc2ccc(=O)n(CC(O)CO)c12. The zero-order valence-electron chi connectivity index (χ0n) is 12.0. The van der Waals surface area contributed by atoms with Crippen molar-refractivity contribution in [2.24, 2.45) is 0 Å². The van der Waals surface area contributed by atoms with Gasteiger partial charge in [0.2, 0.25) is 0 Å². The Morgan fingerprint density at radius 2 is 2.09 bits per heavy atom. The van der Waals surface area contributed by atoms with Crippen LogP contribution in [0.25, 0.3) is 10.9 Å². The zero-order chi connectivity index (χ0) is 16.3. The molecule has 1 heterocycles. The number of rotatable bonds is 6. The highest BCUT2D eigenvalue weighted by Crippen LogP contribution is 2.27. The van der Waals surface area contributed by atoms with Gasteiger partial charge in [0.1, 0.15) is 5.75 Å². The van der Waals surface area contributed by atoms with E-state index in [9.17, 15) is 14.7 Å². The molecule has 0 radical (unpaired) electrons. The van der Waals surface area contributed by atoms with Gasteiger partial charge in [0, 0.05) is 11.5 Å². The van der Waals surface area contributed by atoms with Gasteiger partial charge >= 0.3 is 5.97 Å². The molecule has 22 heavy (non-hydrogen) atoms. The van der Waals surface area contributed by atoms with Gasteiger partial charge in [0.05, 0.1) is 36.9 Å². The molecule has 1 aromatic carbocycles. The van der Waals surface area contributed by atoms with Crippen molar-refractivity contribution in [3.63, 3.8) is 0 Å². The van der Waals surface area contributed by atoms with E-state index >= 15 is 0 Å². The molecule has 0 bridgehead atoms. The third-order valence-electron chi connectivity index (χ3n) is 3.20. The highest BCUT2D eigenvalue weighted by molar-refractivity contribution is 5.96. The number of fused-ring (bicyclic) bond motifs is 1. The van der Waals surface area contributed by atoms with E-state index in [1.54, 1.807) is 6.92 Å². The Labute approximate surface area is 126 Å². The first-order valence-corrected chi connectivity index (χ1v) is 6.80. The number of benzene rings is 1. The molecule has 7 heteroatoms. The van der Waals surface area contributed by atoms with Crippen LogP contribution in [0.1, 0.15) is 17.3 Å². The smallest absolute Gasteiger partial charge is 0.335 e. The van der Waals surface area contributed by atoms with Crippen LogP contribution in [-0.2, 0) is 6.54 Å². The second kappa shape index (κ2) is 6.59. The molecule has 0 saturated heterocycles. The standard InChI is InChI=1S/C15H17NO6/c1-2-22-12-6-10(15(20)21)5-9-3-4-13(19)16(14(9)12)7-11(18)8-17/h3-6,11,17-18H,2,7-8H2,1H3,(H,20,21). The Morgan fingerprint density at radius 1 is 1.36 bits per heavy atom. The predicted molar refractivity (Wildman–Crippen MR) is 79.4 cm³/mol. The molecule has 0 fully saturated rings. The number of aliphatic hydroxyl groups excluding tert-OH is 2. The zero-order valence-corrected chi connectivity index (χ0v) is 12.0. The highest BCUT2D eigenvalue weighted by atomic mass is 16.5. The van der Waals surface area contributed by atoms with Gasteiger partial charge in [-0.25, -0.2) is 4.79 Å². The van der Waals surface area contributed by atoms with Crippen molar-refractivity contribution in [3.05, 3.63) is 40.2 Å². The molecule has 1 unspecified atom stereocenters. The molecule has 2 rings (SSSR count). The largest absolute Gasteiger partial charge is 0.492 e. The van der Waals surface area contributed by atoms with Crippen LogP contribution >= 0.6 is 0 Å². The predicted octanol–water partition coefficient (Wildman–Crippen LogP) is 0.452. The Kier molecular flexibility index (Phi) is 4.79. The van der Waals surface area contributed by atoms with Crippen LogP contribution in [-0.4, -0.2) is 45.2 Å². The average Bonchev–Trinajstić information content (AvgIpc) is 2.49. The lowest BCUT2D eigenvalue weighted by Crippen LogP contribution is -2.28. The molecule has 0 amide bonds. The van der Waals surface area contributed by atoms with E-state index in [1.807, 2.05) is 0 Å². The summed E-state index contributed by atoms with van der Waals surface area (Å²) in [6, 6.07) is 5.57. The maximum Gasteiger partial charge on any atom is 0.335 e. The third kappa shape index (κ3) is 3.10. The van der Waals surface area contributed by atoms with Crippen molar-refractivity contribution in [3.8, 4) is 5.75 Å². The summed E-state index contributed by atoms with van der Waals surface area (Å²) < 4.78 is 6.72. The number of ether oxygens (including phenoxy) is 1. The minimum atomic E-state index is -1.10. The summed E-state index contributed by atoms with van der Waals surface area (Å²) in [6.07, 6.45) is -1.10. The van der Waals surface area contributed by atoms with Crippen molar-refractivity contribution in [2.45, 2.75) is 19.6 Å². The topological polar surface area (TPSA) is 109 Å². The van der Waals surface area contributed by atoms with Crippen LogP contribution in [0.5, 0.6) is 5.75 Å². The molecular formula is C15H17NO6. The van der Waals surface area contributed by atoms with Crippen molar-refractivity contribution >= 4 is 16.9 Å². The van der Waals surface area contributed by atoms with Crippen LogP contribution in [0.4, 0.5) is 0 Å². The molecule has 0 spiro atoms. The number of hydrogen-bond acceptors (Lipinski definition) is 5. The summed E-state index contributed by atoms with van der Waals surface area (Å²) in [7, 11) is 0. The van der Waals surface area contributed by atoms with E-state index in [0.29, 0.717) is 17.5 Å². The lowest BCUT2D eigenvalue weighted by atomic mass is 10.1. The van der Waals surface area contributed by atoms with Gasteiger partial charge in [-0.05, 0) is 25.1 Å². The number of hydrogen-bond donors (Lipinski definition) is 3. The van der Waals surface area contributed by atoms with Gasteiger partial charge in [0.25, 0.3) is 5.56 Å². The Morgan fingerprint density at radius 3 is 2.68 bits per heavy atom. The molecule has 0 aliphatic rings. The quantitative estimate of drug-likeness (QED) is 0.715. The summed E-state index contributed by atoms with van der Waals surface area (Å²) in [4.78, 5) is 23.2. The first kappa shape index (κ1) is 16.0. The van der Waals surface area contributed by atoms with E-state index in [2.05, 4.69) is 0 Å². The number of carboxylic acid groups (broad SMARTS) is 1. The second-order valence-corrected chi connectivity index (χ2v) is 4.77. The first-order chi connectivity index (χ1) is 10.5. The van der Waals surface area contributed by atoms with Gasteiger partial charge in [-0.2, -0.15) is 0 Å². The number of carbonyl (C=O) groups is 1. The highest BCUT2D eigenvalue weighted by Gasteiger charge is 2.16. The monoisotopic (exact) mass is 307 g/mol. The number of carboxylic acids is 1. The summed E-state index contributed by atoms with van der Waals surface area (Å²) in [5.41, 5.74) is 0.0692. The minimum Gasteiger partial charge on any atom is -0.492 e. The van der Waals surface area contributed by atoms with Gasteiger partial charge in [0.15, 0.2) is 0 Å². The molecule has 118 valence electrons. The van der Waals surface area contributed by atoms with Gasteiger partial charge in [-0.1, -0.05) is 0 Å². The van der Waals surface area contributed by atoms with Crippen LogP contribution < -0.4 is 10.3 Å². The summed E-state index contributed by atoms with van der Waals surface area (Å²) in [6.45, 7) is 1.44. The molecular weight excluding hydrogens is 290 g/mol. The normalized spacial score (nSPS) is 12.3. The fourth-order valence-corrected chi connectivity index (χ4v) is 2.25. The minimum absolute atomic E-state index is 0.0452. The first-order valence-electron chi connectivity index (χ1n) is 6.80. The summed E-state index contributed by atoms with van der Waals surface area (Å²) >= 11 is 0. The number of aliphatic hydroxyl groups is 2. The van der Waals surface area contributed by atoms with E-state index in [1.165, 1.54) is 28.8 Å². The molecule has 0 saturated carbocycles. The van der Waals surface area contributed by atoms with Crippen molar-refractivity contribution in [1.29, 1.82) is 0 Å². The molecule has 1 atom stereocenters. The second-order valence-electron chi connectivity index (χ2n) is 4.77. The van der Waals surface area contributed by atoms with E-state index in [-0.39, 0.29) is 23.4 Å². The molecule has 0 aliphatic carbocycles. The van der Waals surface area contributed by atoms with Crippen molar-refractivity contribution in [2.75, 3.05) is 13.2 Å². The lowest BCUT2D eigenvalue weighted by molar-refractivity contribution is 0.0696. The molecule has 7 nitrogen and oxygen atoms in total.